The van der Waals surface area contributed by atoms with Crippen LogP contribution in [-0.4, -0.2) is 82.1 Å². The molecule has 1 aliphatic carbocycles. The second kappa shape index (κ2) is 16.1. The molecule has 0 spiro atoms. The summed E-state index contributed by atoms with van der Waals surface area (Å²) in [7, 11) is -8.33. The van der Waals surface area contributed by atoms with Crippen molar-refractivity contribution in [1.82, 2.24) is 14.9 Å². The molecule has 14 nitrogen and oxygen atoms in total. The number of fused-ring (bicyclic) bond motifs is 1. The zero-order valence-corrected chi connectivity index (χ0v) is 29.0. The molecule has 264 valence electrons. The van der Waals surface area contributed by atoms with E-state index in [1.54, 1.807) is 38.1 Å². The highest BCUT2D eigenvalue weighted by atomic mass is 35.5. The minimum absolute atomic E-state index is 0.0873. The summed E-state index contributed by atoms with van der Waals surface area (Å²) in [4.78, 5) is 39.0. The number of carbonyl (C=O) groups is 3. The van der Waals surface area contributed by atoms with Gasteiger partial charge in [0.15, 0.2) is 0 Å². The molecule has 1 saturated carbocycles. The number of benzene rings is 2. The number of nitrogens with zero attached hydrogens (tertiary/aromatic N) is 1. The Hall–Kier alpha value is -3.12. The molecule has 1 amide bonds. The smallest absolute Gasteiger partial charge is 0.326 e. The quantitative estimate of drug-likeness (QED) is 0.195. The minimum atomic E-state index is -4.23. The molecule has 1 heterocycles. The number of carboxylic acid groups (broad SMARTS) is 1. The molecule has 48 heavy (non-hydrogen) atoms. The fourth-order valence-corrected chi connectivity index (χ4v) is 8.39. The fraction of sp³-hybridized carbons (Fsp3) is 0.516. The monoisotopic (exact) mass is 728 g/mol. The Morgan fingerprint density at radius 1 is 1.06 bits per heavy atom. The summed E-state index contributed by atoms with van der Waals surface area (Å²) in [5.74, 6) is -1.86. The molecule has 0 aromatic heterocycles. The number of likely N-dealkylation sites (tertiary alicyclic amines) is 1. The Balaban J connectivity index is 1.33. The number of esters is 1. The van der Waals surface area contributed by atoms with E-state index in [-0.39, 0.29) is 54.2 Å². The van der Waals surface area contributed by atoms with Crippen LogP contribution < -0.4 is 15.2 Å². The van der Waals surface area contributed by atoms with Crippen molar-refractivity contribution in [3.8, 4) is 0 Å². The molecule has 2 aromatic rings. The number of nitrogens with two attached hydrogens (primary N) is 1. The first-order valence-electron chi connectivity index (χ1n) is 15.6. The summed E-state index contributed by atoms with van der Waals surface area (Å²) in [6.45, 7) is 3.24. The number of nitrogens with one attached hydrogen (secondary N) is 2. The van der Waals surface area contributed by atoms with Crippen LogP contribution in [0.1, 0.15) is 57.1 Å². The van der Waals surface area contributed by atoms with Gasteiger partial charge in [-0.25, -0.2) is 31.5 Å². The number of sulfonamides is 2. The van der Waals surface area contributed by atoms with Gasteiger partial charge in [-0.3, -0.25) is 14.9 Å². The first-order valence-corrected chi connectivity index (χ1v) is 19.0. The van der Waals surface area contributed by atoms with Gasteiger partial charge in [-0.2, -0.15) is 0 Å². The number of amides is 1. The third kappa shape index (κ3) is 9.31. The third-order valence-electron chi connectivity index (χ3n) is 8.58. The zero-order chi connectivity index (χ0) is 35.2. The van der Waals surface area contributed by atoms with Crippen molar-refractivity contribution in [3.05, 3.63) is 58.6 Å². The molecule has 0 radical (unpaired) electrons. The molecule has 2 fully saturated rings. The Labute approximate surface area is 285 Å². The Morgan fingerprint density at radius 3 is 2.38 bits per heavy atom. The average Bonchev–Trinajstić information content (AvgIpc) is 3.43. The molecule has 1 saturated heterocycles. The molecule has 1 aliphatic heterocycles. The van der Waals surface area contributed by atoms with Crippen molar-refractivity contribution in [2.45, 2.75) is 93.1 Å². The molecule has 5 atom stereocenters. The molecule has 5 N–H and O–H groups in total. The number of rotatable bonds is 15. The van der Waals surface area contributed by atoms with Crippen molar-refractivity contribution in [1.29, 1.82) is 0 Å². The van der Waals surface area contributed by atoms with E-state index in [1.807, 2.05) is 0 Å². The Kier molecular flexibility index (Phi) is 12.6. The van der Waals surface area contributed by atoms with Crippen LogP contribution in [0.2, 0.25) is 5.02 Å². The fourth-order valence-electron chi connectivity index (χ4n) is 6.20. The van der Waals surface area contributed by atoms with Crippen LogP contribution in [0, 0.1) is 5.92 Å². The normalized spacial score (nSPS) is 20.9. The van der Waals surface area contributed by atoms with E-state index in [1.165, 1.54) is 11.0 Å². The first-order chi connectivity index (χ1) is 22.6. The molecule has 4 rings (SSSR count). The molecule has 2 aliphatic rings. The van der Waals surface area contributed by atoms with Crippen molar-refractivity contribution >= 4 is 49.5 Å². The van der Waals surface area contributed by atoms with Gasteiger partial charge < -0.3 is 19.5 Å². The second-order valence-corrected chi connectivity index (χ2v) is 15.6. The van der Waals surface area contributed by atoms with Gasteiger partial charge >= 0.3 is 11.9 Å². The van der Waals surface area contributed by atoms with E-state index in [2.05, 4.69) is 10.0 Å². The molecule has 17 heteroatoms. The molecule has 3 unspecified atom stereocenters. The van der Waals surface area contributed by atoms with E-state index < -0.39 is 55.0 Å². The number of primary sulfonamides is 1. The lowest BCUT2D eigenvalue weighted by Crippen LogP contribution is -2.56. The number of carbonyl (C=O) groups excluding carboxylic acids is 2. The zero-order valence-electron chi connectivity index (χ0n) is 26.6. The number of hydrogen-bond acceptors (Lipinski definition) is 10. The summed E-state index contributed by atoms with van der Waals surface area (Å²) < 4.78 is 62.4. The lowest BCUT2D eigenvalue weighted by molar-refractivity contribution is -0.152. The SMILES string of the molecule is CCOC(=O)[C@H](COCc1ccc(CNS(=O)(=O)c2ccc(Cl)c(S(N)(=O)=O)c2)cc1)NC(C)C(=O)N1C2CCCCC2C[C@H]1C(=O)O. The summed E-state index contributed by atoms with van der Waals surface area (Å²) >= 11 is 5.85. The van der Waals surface area contributed by atoms with Gasteiger partial charge in [0.05, 0.1) is 35.8 Å². The number of carboxylic acids is 1. The maximum Gasteiger partial charge on any atom is 0.326 e. The van der Waals surface area contributed by atoms with Gasteiger partial charge in [0.25, 0.3) is 0 Å². The Bertz CT molecular complexity index is 1710. The highest BCUT2D eigenvalue weighted by Gasteiger charge is 2.48. The summed E-state index contributed by atoms with van der Waals surface area (Å²) in [5.41, 5.74) is 1.32. The average molecular weight is 729 g/mol. The van der Waals surface area contributed by atoms with Crippen LogP contribution in [0.4, 0.5) is 0 Å². The topological polar surface area (TPSA) is 211 Å². The molecular weight excluding hydrogens is 688 g/mol. The number of halogens is 1. The summed E-state index contributed by atoms with van der Waals surface area (Å²) in [5, 5.41) is 17.7. The second-order valence-electron chi connectivity index (χ2n) is 11.9. The number of ether oxygens (including phenoxy) is 2. The van der Waals surface area contributed by atoms with Crippen LogP contribution >= 0.6 is 11.6 Å². The number of hydrogen-bond donors (Lipinski definition) is 4. The predicted molar refractivity (Wildman–Crippen MR) is 175 cm³/mol. The summed E-state index contributed by atoms with van der Waals surface area (Å²) in [6, 6.07) is 7.08. The molecular formula is C31H41ClN4O10S2. The minimum Gasteiger partial charge on any atom is -0.480 e. The standard InChI is InChI=1S/C31H41ClN4O10S2/c1-3-46-31(40)25(35-19(2)29(37)36-26-7-5-4-6-22(26)14-27(36)30(38)39)18-45-17-21-10-8-20(9-11-21)16-34-48(43,44)23-12-13-24(32)28(15-23)47(33,41)42/h8-13,15,19,22,25-27,34-35H,3-7,14,16-18H2,1-2H3,(H,38,39)(H2,33,41,42)/t19?,22?,25-,26?,27-/m0/s1. The van der Waals surface area contributed by atoms with E-state index in [0.29, 0.717) is 17.5 Å². The van der Waals surface area contributed by atoms with E-state index in [9.17, 15) is 36.3 Å². The van der Waals surface area contributed by atoms with Crippen molar-refractivity contribution in [2.75, 3.05) is 13.2 Å². The van der Waals surface area contributed by atoms with Crippen molar-refractivity contribution in [3.63, 3.8) is 0 Å². The van der Waals surface area contributed by atoms with Crippen LogP contribution in [0.3, 0.4) is 0 Å². The Morgan fingerprint density at radius 2 is 1.73 bits per heavy atom. The lowest BCUT2D eigenvalue weighted by atomic mass is 9.84. The van der Waals surface area contributed by atoms with Gasteiger partial charge in [0.2, 0.25) is 26.0 Å². The molecule has 2 aromatic carbocycles. The third-order valence-corrected chi connectivity index (χ3v) is 11.4. The van der Waals surface area contributed by atoms with Gasteiger partial charge in [-0.05, 0) is 68.4 Å². The maximum absolute atomic E-state index is 13.6. The van der Waals surface area contributed by atoms with Gasteiger partial charge in [0.1, 0.15) is 17.0 Å². The van der Waals surface area contributed by atoms with Gasteiger partial charge in [-0.15, -0.1) is 0 Å². The van der Waals surface area contributed by atoms with Crippen molar-refractivity contribution in [2.24, 2.45) is 11.1 Å². The highest BCUT2D eigenvalue weighted by Crippen LogP contribution is 2.40. The highest BCUT2D eigenvalue weighted by molar-refractivity contribution is 7.90. The largest absolute Gasteiger partial charge is 0.480 e. The van der Waals surface area contributed by atoms with Crippen LogP contribution in [0.25, 0.3) is 0 Å². The van der Waals surface area contributed by atoms with Gasteiger partial charge in [0, 0.05) is 12.6 Å². The van der Waals surface area contributed by atoms with Crippen LogP contribution in [0.5, 0.6) is 0 Å². The number of aliphatic carboxylic acids is 1. The van der Waals surface area contributed by atoms with E-state index in [0.717, 1.165) is 37.8 Å². The van der Waals surface area contributed by atoms with Gasteiger partial charge in [-0.1, -0.05) is 48.7 Å². The summed E-state index contributed by atoms with van der Waals surface area (Å²) in [6.07, 6.45) is 4.03. The van der Waals surface area contributed by atoms with Crippen molar-refractivity contribution < 1.29 is 45.8 Å². The van der Waals surface area contributed by atoms with E-state index >= 15 is 0 Å². The van der Waals surface area contributed by atoms with Crippen LogP contribution in [-0.2, 0) is 57.1 Å². The first kappa shape index (κ1) is 37.7. The molecule has 0 bridgehead atoms. The maximum atomic E-state index is 13.6. The van der Waals surface area contributed by atoms with Crippen LogP contribution in [0.15, 0.2) is 52.3 Å². The lowest BCUT2D eigenvalue weighted by Gasteiger charge is -2.35. The van der Waals surface area contributed by atoms with E-state index in [4.69, 9.17) is 26.2 Å². The predicted octanol–water partition coefficient (Wildman–Crippen LogP) is 2.14.